The molecule has 0 unspecified atom stereocenters. The minimum Gasteiger partial charge on any atom is -0.236 e. The van der Waals surface area contributed by atoms with Crippen LogP contribution in [-0.4, -0.2) is 9.97 Å². The summed E-state index contributed by atoms with van der Waals surface area (Å²) in [6, 6.07) is 5.91. The van der Waals surface area contributed by atoms with Crippen molar-refractivity contribution in [3.8, 4) is 11.3 Å². The van der Waals surface area contributed by atoms with E-state index in [1.54, 1.807) is 6.07 Å². The number of hydrogen-bond donors (Lipinski definition) is 0. The summed E-state index contributed by atoms with van der Waals surface area (Å²) < 4.78 is 13.5. The second-order valence-corrected chi connectivity index (χ2v) is 3.62. The Balaban J connectivity index is 2.63. The molecular formula is C10H5Cl2FN2. The van der Waals surface area contributed by atoms with Gasteiger partial charge in [0.1, 0.15) is 17.3 Å². The van der Waals surface area contributed by atoms with Crippen LogP contribution in [0.15, 0.2) is 30.6 Å². The number of rotatable bonds is 1. The number of nitrogens with zero attached hydrogens (tertiary/aromatic N) is 2. The van der Waals surface area contributed by atoms with E-state index < -0.39 is 5.82 Å². The van der Waals surface area contributed by atoms with Crippen LogP contribution in [0.25, 0.3) is 11.3 Å². The van der Waals surface area contributed by atoms with E-state index in [0.29, 0.717) is 10.7 Å². The third-order valence-electron chi connectivity index (χ3n) is 1.85. The molecule has 0 saturated carbocycles. The van der Waals surface area contributed by atoms with Gasteiger partial charge in [-0.2, -0.15) is 0 Å². The average molecular weight is 243 g/mol. The Morgan fingerprint density at radius 3 is 2.60 bits per heavy atom. The summed E-state index contributed by atoms with van der Waals surface area (Å²) in [5.41, 5.74) is 0.613. The second-order valence-electron chi connectivity index (χ2n) is 2.82. The smallest absolute Gasteiger partial charge is 0.134 e. The van der Waals surface area contributed by atoms with Gasteiger partial charge in [-0.25, -0.2) is 14.4 Å². The molecular weight excluding hydrogens is 238 g/mol. The molecule has 76 valence electrons. The van der Waals surface area contributed by atoms with E-state index in [4.69, 9.17) is 23.2 Å². The van der Waals surface area contributed by atoms with Crippen molar-refractivity contribution < 1.29 is 4.39 Å². The minimum atomic E-state index is -0.433. The summed E-state index contributed by atoms with van der Waals surface area (Å²) in [6.07, 6.45) is 1.26. The zero-order valence-electron chi connectivity index (χ0n) is 7.42. The topological polar surface area (TPSA) is 25.8 Å². The maximum atomic E-state index is 13.5. The third kappa shape index (κ3) is 2.08. The molecule has 2 nitrogen and oxygen atoms in total. The standard InChI is InChI=1S/C10H5Cl2FN2/c11-6-2-1-3-7(13)10(6)8-4-9(12)15-5-14-8/h1-5H. The number of benzene rings is 1. The Morgan fingerprint density at radius 1 is 1.13 bits per heavy atom. The number of aromatic nitrogens is 2. The molecule has 1 aromatic heterocycles. The zero-order chi connectivity index (χ0) is 10.8. The third-order valence-corrected chi connectivity index (χ3v) is 2.37. The molecule has 5 heteroatoms. The minimum absolute atomic E-state index is 0.239. The number of hydrogen-bond acceptors (Lipinski definition) is 2. The molecule has 0 fully saturated rings. The lowest BCUT2D eigenvalue weighted by Gasteiger charge is -2.04. The molecule has 1 aromatic carbocycles. The molecule has 15 heavy (non-hydrogen) atoms. The predicted molar refractivity (Wildman–Crippen MR) is 57.4 cm³/mol. The molecule has 0 aliphatic heterocycles. The quantitative estimate of drug-likeness (QED) is 0.715. The van der Waals surface area contributed by atoms with E-state index in [9.17, 15) is 4.39 Å². The second kappa shape index (κ2) is 4.13. The van der Waals surface area contributed by atoms with E-state index in [0.717, 1.165) is 0 Å². The van der Waals surface area contributed by atoms with Gasteiger partial charge in [-0.15, -0.1) is 0 Å². The summed E-state index contributed by atoms with van der Waals surface area (Å²) >= 11 is 11.6. The van der Waals surface area contributed by atoms with Crippen molar-refractivity contribution in [2.24, 2.45) is 0 Å². The fraction of sp³-hybridized carbons (Fsp3) is 0. The molecule has 0 bridgehead atoms. The van der Waals surface area contributed by atoms with Crippen LogP contribution in [-0.2, 0) is 0 Å². The van der Waals surface area contributed by atoms with Crippen molar-refractivity contribution in [3.05, 3.63) is 46.6 Å². The Hall–Kier alpha value is -1.19. The van der Waals surface area contributed by atoms with Crippen LogP contribution < -0.4 is 0 Å². The average Bonchev–Trinajstić information content (AvgIpc) is 2.17. The summed E-state index contributed by atoms with van der Waals surface area (Å²) in [5.74, 6) is -0.433. The molecule has 0 N–H and O–H groups in total. The van der Waals surface area contributed by atoms with Gasteiger partial charge in [0, 0.05) is 6.07 Å². The summed E-state index contributed by atoms with van der Waals surface area (Å²) in [6.45, 7) is 0. The largest absolute Gasteiger partial charge is 0.236 e. The molecule has 0 aliphatic rings. The molecule has 0 spiro atoms. The van der Waals surface area contributed by atoms with Crippen LogP contribution in [0.2, 0.25) is 10.2 Å². The normalized spacial score (nSPS) is 10.3. The first-order valence-corrected chi connectivity index (χ1v) is 4.86. The summed E-state index contributed by atoms with van der Waals surface area (Å²) in [4.78, 5) is 7.62. The molecule has 1 heterocycles. The van der Waals surface area contributed by atoms with Gasteiger partial charge in [0.2, 0.25) is 0 Å². The van der Waals surface area contributed by atoms with Gasteiger partial charge in [-0.3, -0.25) is 0 Å². The lowest BCUT2D eigenvalue weighted by molar-refractivity contribution is 0.630. The van der Waals surface area contributed by atoms with Crippen molar-refractivity contribution in [1.82, 2.24) is 9.97 Å². The van der Waals surface area contributed by atoms with Crippen LogP contribution in [0.5, 0.6) is 0 Å². The Kier molecular flexibility index (Phi) is 2.84. The molecule has 0 amide bonds. The van der Waals surface area contributed by atoms with Crippen molar-refractivity contribution in [2.75, 3.05) is 0 Å². The lowest BCUT2D eigenvalue weighted by atomic mass is 10.1. The van der Waals surface area contributed by atoms with Crippen LogP contribution in [0, 0.1) is 5.82 Å². The Morgan fingerprint density at radius 2 is 1.93 bits per heavy atom. The van der Waals surface area contributed by atoms with Gasteiger partial charge < -0.3 is 0 Å². The van der Waals surface area contributed by atoms with Gasteiger partial charge in [0.25, 0.3) is 0 Å². The summed E-state index contributed by atoms with van der Waals surface area (Å²) in [5, 5.41) is 0.545. The van der Waals surface area contributed by atoms with E-state index >= 15 is 0 Å². The summed E-state index contributed by atoms with van der Waals surface area (Å²) in [7, 11) is 0. The van der Waals surface area contributed by atoms with Crippen molar-refractivity contribution in [1.29, 1.82) is 0 Å². The molecule has 0 radical (unpaired) electrons. The predicted octanol–water partition coefficient (Wildman–Crippen LogP) is 3.59. The SMILES string of the molecule is Fc1cccc(Cl)c1-c1cc(Cl)ncn1. The fourth-order valence-corrected chi connectivity index (χ4v) is 1.62. The van der Waals surface area contributed by atoms with E-state index in [2.05, 4.69) is 9.97 Å². The molecule has 2 rings (SSSR count). The molecule has 0 atom stereocenters. The monoisotopic (exact) mass is 242 g/mol. The highest BCUT2D eigenvalue weighted by Crippen LogP contribution is 2.29. The molecule has 0 aliphatic carbocycles. The molecule has 0 saturated heterocycles. The van der Waals surface area contributed by atoms with Gasteiger partial charge >= 0.3 is 0 Å². The van der Waals surface area contributed by atoms with E-state index in [-0.39, 0.29) is 10.7 Å². The first-order valence-electron chi connectivity index (χ1n) is 4.10. The number of halogens is 3. The lowest BCUT2D eigenvalue weighted by Crippen LogP contribution is -1.90. The first kappa shape index (κ1) is 10.3. The van der Waals surface area contributed by atoms with Gasteiger partial charge in [0.05, 0.1) is 16.3 Å². The van der Waals surface area contributed by atoms with Gasteiger partial charge in [-0.1, -0.05) is 29.3 Å². The van der Waals surface area contributed by atoms with Crippen LogP contribution in [0.4, 0.5) is 4.39 Å². The Bertz CT molecular complexity index is 482. The van der Waals surface area contributed by atoms with E-state index in [1.807, 2.05) is 0 Å². The van der Waals surface area contributed by atoms with Crippen molar-refractivity contribution in [2.45, 2.75) is 0 Å². The van der Waals surface area contributed by atoms with Gasteiger partial charge in [-0.05, 0) is 12.1 Å². The van der Waals surface area contributed by atoms with E-state index in [1.165, 1.54) is 24.5 Å². The maximum absolute atomic E-state index is 13.5. The maximum Gasteiger partial charge on any atom is 0.134 e. The van der Waals surface area contributed by atoms with Crippen LogP contribution >= 0.6 is 23.2 Å². The first-order chi connectivity index (χ1) is 7.18. The highest BCUT2D eigenvalue weighted by molar-refractivity contribution is 6.33. The fourth-order valence-electron chi connectivity index (χ4n) is 1.21. The highest BCUT2D eigenvalue weighted by Gasteiger charge is 2.10. The highest BCUT2D eigenvalue weighted by atomic mass is 35.5. The molecule has 2 aromatic rings. The van der Waals surface area contributed by atoms with Crippen LogP contribution in [0.3, 0.4) is 0 Å². The van der Waals surface area contributed by atoms with Crippen LogP contribution in [0.1, 0.15) is 0 Å². The van der Waals surface area contributed by atoms with Crippen molar-refractivity contribution >= 4 is 23.2 Å². The van der Waals surface area contributed by atoms with Gasteiger partial charge in [0.15, 0.2) is 0 Å². The van der Waals surface area contributed by atoms with Crippen molar-refractivity contribution in [3.63, 3.8) is 0 Å². The zero-order valence-corrected chi connectivity index (χ0v) is 8.93. The Labute approximate surface area is 95.7 Å².